The number of aliphatic hydroxyl groups excluding tert-OH is 1. The van der Waals surface area contributed by atoms with Crippen molar-refractivity contribution >= 4 is 7.80 Å². The van der Waals surface area contributed by atoms with Crippen molar-refractivity contribution in [2.75, 3.05) is 6.16 Å². The molecule has 0 aliphatic heterocycles. The molecule has 0 saturated heterocycles. The van der Waals surface area contributed by atoms with Gasteiger partial charge in [0.2, 0.25) is 0 Å². The maximum Gasteiger partial charge on any atom is 0.400 e. The summed E-state index contributed by atoms with van der Waals surface area (Å²) >= 11 is 0. The van der Waals surface area contributed by atoms with Crippen molar-refractivity contribution in [3.8, 4) is 0 Å². The normalized spacial score (nSPS) is 12.1. The summed E-state index contributed by atoms with van der Waals surface area (Å²) in [7, 11) is -1.82. The molecule has 0 saturated carbocycles. The standard InChI is InChI=1S/C15H32O3P/c1-2-3-4-5-6-7-8-9-10-11-12-13-14-19(18)15(16)17/h15-17H,2-14H2,1H3/q+1. The van der Waals surface area contributed by atoms with Crippen molar-refractivity contribution < 1.29 is 14.8 Å². The minimum atomic E-state index is -1.82. The largest absolute Gasteiger partial charge is 0.400 e. The van der Waals surface area contributed by atoms with Gasteiger partial charge in [0.05, 0.1) is 0 Å². The molecule has 3 nitrogen and oxygen atoms in total. The van der Waals surface area contributed by atoms with Crippen LogP contribution >= 0.6 is 7.80 Å². The first-order chi connectivity index (χ1) is 9.18. The summed E-state index contributed by atoms with van der Waals surface area (Å²) in [4.78, 5) is 0. The van der Waals surface area contributed by atoms with Gasteiger partial charge in [-0.15, -0.1) is 0 Å². The lowest BCUT2D eigenvalue weighted by molar-refractivity contribution is 0.0320. The van der Waals surface area contributed by atoms with Gasteiger partial charge in [-0.3, -0.25) is 0 Å². The molecule has 0 fully saturated rings. The van der Waals surface area contributed by atoms with Gasteiger partial charge in [0.1, 0.15) is 0 Å². The van der Waals surface area contributed by atoms with Gasteiger partial charge in [-0.05, 0) is 12.8 Å². The maximum absolute atomic E-state index is 11.1. The molecule has 114 valence electrons. The highest BCUT2D eigenvalue weighted by Gasteiger charge is 2.23. The summed E-state index contributed by atoms with van der Waals surface area (Å²) < 4.78 is 11.1. The lowest BCUT2D eigenvalue weighted by Gasteiger charge is -2.01. The summed E-state index contributed by atoms with van der Waals surface area (Å²) in [5.41, 5.74) is 0. The summed E-state index contributed by atoms with van der Waals surface area (Å²) in [5, 5.41) is 17.3. The van der Waals surface area contributed by atoms with E-state index in [-0.39, 0.29) is 0 Å². The average molecular weight is 291 g/mol. The average Bonchev–Trinajstić information content (AvgIpc) is 2.39. The van der Waals surface area contributed by atoms with Gasteiger partial charge < -0.3 is 10.2 Å². The molecule has 1 unspecified atom stereocenters. The third-order valence-corrected chi connectivity index (χ3v) is 4.76. The Morgan fingerprint density at radius 2 is 1.11 bits per heavy atom. The number of aliphatic hydroxyl groups is 2. The minimum Gasteiger partial charge on any atom is -0.329 e. The van der Waals surface area contributed by atoms with Crippen molar-refractivity contribution in [1.82, 2.24) is 0 Å². The molecule has 0 spiro atoms. The van der Waals surface area contributed by atoms with Crippen LogP contribution in [0.4, 0.5) is 0 Å². The van der Waals surface area contributed by atoms with Gasteiger partial charge >= 0.3 is 13.8 Å². The van der Waals surface area contributed by atoms with E-state index in [4.69, 9.17) is 10.2 Å². The van der Waals surface area contributed by atoms with Crippen LogP contribution in [0.2, 0.25) is 0 Å². The van der Waals surface area contributed by atoms with E-state index in [9.17, 15) is 4.57 Å². The SMILES string of the molecule is CCCCCCCCCCCCCC[P+](=O)C(O)O. The zero-order chi connectivity index (χ0) is 14.3. The number of unbranched alkanes of at least 4 members (excludes halogenated alkanes) is 11. The molecule has 0 rings (SSSR count). The fourth-order valence-corrected chi connectivity index (χ4v) is 2.99. The zero-order valence-corrected chi connectivity index (χ0v) is 13.4. The molecule has 4 heteroatoms. The molecule has 0 aromatic carbocycles. The van der Waals surface area contributed by atoms with Gasteiger partial charge in [0.25, 0.3) is 0 Å². The van der Waals surface area contributed by atoms with Crippen LogP contribution in [-0.4, -0.2) is 22.4 Å². The van der Waals surface area contributed by atoms with Crippen molar-refractivity contribution in [3.63, 3.8) is 0 Å². The van der Waals surface area contributed by atoms with Gasteiger partial charge in [-0.2, -0.15) is 0 Å². The lowest BCUT2D eigenvalue weighted by atomic mass is 10.1. The molecule has 0 heterocycles. The monoisotopic (exact) mass is 291 g/mol. The third-order valence-electron chi connectivity index (χ3n) is 3.49. The van der Waals surface area contributed by atoms with Crippen LogP contribution in [0.25, 0.3) is 0 Å². The Balaban J connectivity index is 3.05. The molecule has 0 radical (unpaired) electrons. The highest BCUT2D eigenvalue weighted by molar-refractivity contribution is 7.44. The smallest absolute Gasteiger partial charge is 0.329 e. The van der Waals surface area contributed by atoms with E-state index in [1.54, 1.807) is 0 Å². The van der Waals surface area contributed by atoms with Crippen molar-refractivity contribution in [2.24, 2.45) is 0 Å². The molecular formula is C15H32O3P+. The van der Waals surface area contributed by atoms with Crippen LogP contribution in [0.15, 0.2) is 0 Å². The quantitative estimate of drug-likeness (QED) is 0.275. The van der Waals surface area contributed by atoms with E-state index in [0.717, 1.165) is 12.8 Å². The highest BCUT2D eigenvalue weighted by Crippen LogP contribution is 2.26. The number of rotatable bonds is 14. The summed E-state index contributed by atoms with van der Waals surface area (Å²) in [6.45, 7) is 2.25. The van der Waals surface area contributed by atoms with Crippen LogP contribution in [0.3, 0.4) is 0 Å². The Morgan fingerprint density at radius 3 is 1.47 bits per heavy atom. The molecule has 0 aliphatic carbocycles. The molecule has 0 aromatic rings. The predicted molar refractivity (Wildman–Crippen MR) is 81.8 cm³/mol. The second-order valence-electron chi connectivity index (χ2n) is 5.38. The van der Waals surface area contributed by atoms with Crippen LogP contribution in [-0.2, 0) is 4.57 Å². The highest BCUT2D eigenvalue weighted by atomic mass is 31.1. The first kappa shape index (κ1) is 19.0. The second-order valence-corrected chi connectivity index (χ2v) is 7.12. The van der Waals surface area contributed by atoms with Gasteiger partial charge in [0, 0.05) is 0 Å². The van der Waals surface area contributed by atoms with E-state index < -0.39 is 13.8 Å². The summed E-state index contributed by atoms with van der Waals surface area (Å²) in [6, 6.07) is -1.62. The number of hydrogen-bond donors (Lipinski definition) is 2. The Bertz CT molecular complexity index is 208. The molecule has 0 aliphatic rings. The molecular weight excluding hydrogens is 259 g/mol. The molecule has 2 N–H and O–H groups in total. The number of hydrogen-bond acceptors (Lipinski definition) is 3. The topological polar surface area (TPSA) is 57.5 Å². The fraction of sp³-hybridized carbons (Fsp3) is 1.00. The summed E-state index contributed by atoms with van der Waals surface area (Å²) in [6.07, 6.45) is 15.7. The molecule has 0 aromatic heterocycles. The Hall–Kier alpha value is 0.0200. The zero-order valence-electron chi connectivity index (χ0n) is 12.5. The Kier molecular flexibility index (Phi) is 14.4. The Labute approximate surface area is 119 Å². The van der Waals surface area contributed by atoms with E-state index in [0.29, 0.717) is 6.16 Å². The first-order valence-electron chi connectivity index (χ1n) is 7.98. The van der Waals surface area contributed by atoms with E-state index in [2.05, 4.69) is 6.92 Å². The van der Waals surface area contributed by atoms with E-state index >= 15 is 0 Å². The van der Waals surface area contributed by atoms with E-state index in [1.807, 2.05) is 0 Å². The lowest BCUT2D eigenvalue weighted by Crippen LogP contribution is -1.99. The molecule has 0 amide bonds. The van der Waals surface area contributed by atoms with Gasteiger partial charge in [-0.25, -0.2) is 0 Å². The van der Waals surface area contributed by atoms with Crippen LogP contribution in [0.5, 0.6) is 0 Å². The maximum atomic E-state index is 11.1. The van der Waals surface area contributed by atoms with Crippen molar-refractivity contribution in [1.29, 1.82) is 0 Å². The van der Waals surface area contributed by atoms with Crippen molar-refractivity contribution in [3.05, 3.63) is 0 Å². The van der Waals surface area contributed by atoms with Gasteiger partial charge in [0.15, 0.2) is 6.16 Å². The third kappa shape index (κ3) is 14.2. The molecule has 19 heavy (non-hydrogen) atoms. The van der Waals surface area contributed by atoms with Crippen LogP contribution in [0, 0.1) is 0 Å². The minimum absolute atomic E-state index is 0.449. The van der Waals surface area contributed by atoms with Crippen molar-refractivity contribution in [2.45, 2.75) is 90.0 Å². The van der Waals surface area contributed by atoms with Crippen LogP contribution < -0.4 is 0 Å². The first-order valence-corrected chi connectivity index (χ1v) is 9.49. The Morgan fingerprint density at radius 1 is 0.737 bits per heavy atom. The molecule has 1 atom stereocenters. The molecule has 0 bridgehead atoms. The van der Waals surface area contributed by atoms with Crippen LogP contribution in [0.1, 0.15) is 84.0 Å². The predicted octanol–water partition coefficient (Wildman–Crippen LogP) is 4.78. The fourth-order valence-electron chi connectivity index (χ4n) is 2.22. The van der Waals surface area contributed by atoms with E-state index in [1.165, 1.54) is 64.2 Å². The summed E-state index contributed by atoms with van der Waals surface area (Å²) in [5.74, 6) is 0. The second kappa shape index (κ2) is 14.4. The van der Waals surface area contributed by atoms with Gasteiger partial charge in [-0.1, -0.05) is 75.7 Å².